The van der Waals surface area contributed by atoms with E-state index in [0.717, 1.165) is 42.3 Å². The number of nitrogens with one attached hydrogen (secondary N) is 1. The molecule has 3 aromatic rings. The Morgan fingerprint density at radius 3 is 2.28 bits per heavy atom. The molecule has 1 amide bonds. The van der Waals surface area contributed by atoms with Crippen molar-refractivity contribution < 1.29 is 19.0 Å². The smallest absolute Gasteiger partial charge is 0.272 e. The molecule has 166 valence electrons. The molecule has 7 nitrogen and oxygen atoms in total. The van der Waals surface area contributed by atoms with Crippen LogP contribution in [0.2, 0.25) is 0 Å². The van der Waals surface area contributed by atoms with Gasteiger partial charge in [-0.25, -0.2) is 10.4 Å². The van der Waals surface area contributed by atoms with Gasteiger partial charge in [0.1, 0.15) is 0 Å². The molecule has 0 bridgehead atoms. The summed E-state index contributed by atoms with van der Waals surface area (Å²) in [5, 5.41) is 5.15. The molecule has 4 rings (SSSR count). The molecule has 1 aliphatic rings. The van der Waals surface area contributed by atoms with Crippen molar-refractivity contribution in [3.63, 3.8) is 0 Å². The summed E-state index contributed by atoms with van der Waals surface area (Å²) in [6, 6.07) is 13.0. The summed E-state index contributed by atoms with van der Waals surface area (Å²) in [7, 11) is 4.70. The molecule has 1 aromatic heterocycles. The van der Waals surface area contributed by atoms with Crippen LogP contribution in [0.5, 0.6) is 17.2 Å². The molecule has 7 heteroatoms. The number of fused-ring (bicyclic) bond motifs is 1. The summed E-state index contributed by atoms with van der Waals surface area (Å²) in [6.07, 6.45) is 5.35. The maximum atomic E-state index is 13.1. The molecule has 0 radical (unpaired) electrons. The Hall–Kier alpha value is -3.61. The molecule has 0 spiro atoms. The molecule has 0 unspecified atom stereocenters. The van der Waals surface area contributed by atoms with Gasteiger partial charge in [-0.2, -0.15) is 5.10 Å². The van der Waals surface area contributed by atoms with Crippen molar-refractivity contribution in [3.8, 4) is 28.5 Å². The van der Waals surface area contributed by atoms with Crippen LogP contribution in [0.15, 0.2) is 47.6 Å². The van der Waals surface area contributed by atoms with Crippen LogP contribution in [0.1, 0.15) is 42.5 Å². The largest absolute Gasteiger partial charge is 0.493 e. The van der Waals surface area contributed by atoms with Gasteiger partial charge in [0.05, 0.1) is 38.1 Å². The highest BCUT2D eigenvalue weighted by molar-refractivity contribution is 6.07. The monoisotopic (exact) mass is 433 g/mol. The summed E-state index contributed by atoms with van der Waals surface area (Å²) in [6.45, 7) is 0. The molecular formula is C25H27N3O4. The van der Waals surface area contributed by atoms with Gasteiger partial charge in [0.2, 0.25) is 5.75 Å². The van der Waals surface area contributed by atoms with Crippen LogP contribution < -0.4 is 19.6 Å². The molecule has 1 aliphatic carbocycles. The van der Waals surface area contributed by atoms with Gasteiger partial charge in [0, 0.05) is 16.7 Å². The Labute approximate surface area is 187 Å². The highest BCUT2D eigenvalue weighted by atomic mass is 16.5. The first-order chi connectivity index (χ1) is 15.6. The molecule has 32 heavy (non-hydrogen) atoms. The lowest BCUT2D eigenvalue weighted by Gasteiger charge is -2.15. The van der Waals surface area contributed by atoms with E-state index in [0.29, 0.717) is 34.0 Å². The number of carbonyl (C=O) groups is 1. The summed E-state index contributed by atoms with van der Waals surface area (Å²) in [5.41, 5.74) is 6.41. The Morgan fingerprint density at radius 1 is 0.938 bits per heavy atom. The molecule has 1 heterocycles. The van der Waals surface area contributed by atoms with Gasteiger partial charge in [-0.15, -0.1) is 0 Å². The zero-order chi connectivity index (χ0) is 22.5. The van der Waals surface area contributed by atoms with Gasteiger partial charge in [0.25, 0.3) is 5.91 Å². The quantitative estimate of drug-likeness (QED) is 0.555. The van der Waals surface area contributed by atoms with Crippen LogP contribution in [-0.2, 0) is 0 Å². The molecular weight excluding hydrogens is 406 g/mol. The SMILES string of the molecule is COc1cc(-c2cc(C(=O)NN=C3CCCCC3)c3ccccc3n2)cc(OC)c1OC. The van der Waals surface area contributed by atoms with Gasteiger partial charge in [-0.3, -0.25) is 4.79 Å². The van der Waals surface area contributed by atoms with Crippen LogP contribution in [0.4, 0.5) is 0 Å². The Morgan fingerprint density at radius 2 is 1.62 bits per heavy atom. The lowest BCUT2D eigenvalue weighted by molar-refractivity contribution is 0.0956. The van der Waals surface area contributed by atoms with E-state index in [9.17, 15) is 4.79 Å². The van der Waals surface area contributed by atoms with Crippen LogP contribution in [0.25, 0.3) is 22.2 Å². The van der Waals surface area contributed by atoms with Gasteiger partial charge in [-0.05, 0) is 49.9 Å². The van der Waals surface area contributed by atoms with Crippen LogP contribution in [0, 0.1) is 0 Å². The van der Waals surface area contributed by atoms with Crippen molar-refractivity contribution in [2.24, 2.45) is 5.10 Å². The number of pyridine rings is 1. The average molecular weight is 434 g/mol. The maximum absolute atomic E-state index is 13.1. The number of benzene rings is 2. The first kappa shape index (κ1) is 21.6. The second kappa shape index (κ2) is 9.68. The third-order valence-electron chi connectivity index (χ3n) is 5.67. The number of nitrogens with zero attached hydrogens (tertiary/aromatic N) is 2. The zero-order valence-corrected chi connectivity index (χ0v) is 18.6. The summed E-state index contributed by atoms with van der Waals surface area (Å²) >= 11 is 0. The van der Waals surface area contributed by atoms with Gasteiger partial charge < -0.3 is 14.2 Å². The van der Waals surface area contributed by atoms with Crippen LogP contribution in [-0.4, -0.2) is 37.9 Å². The number of para-hydroxylation sites is 1. The van der Waals surface area contributed by atoms with Gasteiger partial charge in [-0.1, -0.05) is 24.6 Å². The van der Waals surface area contributed by atoms with E-state index in [2.05, 4.69) is 10.5 Å². The number of aromatic nitrogens is 1. The molecule has 0 saturated heterocycles. The fourth-order valence-electron chi connectivity index (χ4n) is 4.00. The molecule has 2 aromatic carbocycles. The zero-order valence-electron chi connectivity index (χ0n) is 18.6. The van der Waals surface area contributed by atoms with E-state index in [1.807, 2.05) is 36.4 Å². The second-order valence-corrected chi connectivity index (χ2v) is 7.67. The standard InChI is InChI=1S/C25H27N3O4/c1-30-22-13-16(14-23(31-2)24(22)32-3)21-15-19(18-11-7-8-12-20(18)26-21)25(29)28-27-17-9-5-4-6-10-17/h7-8,11-15H,4-6,9-10H2,1-3H3,(H,28,29). The predicted octanol–water partition coefficient (Wildman–Crippen LogP) is 4.98. The topological polar surface area (TPSA) is 82.0 Å². The lowest BCUT2D eigenvalue weighted by atomic mass is 9.99. The Kier molecular flexibility index (Phi) is 6.54. The van der Waals surface area contributed by atoms with Crippen molar-refractivity contribution in [2.45, 2.75) is 32.1 Å². The number of ether oxygens (including phenoxy) is 3. The van der Waals surface area contributed by atoms with E-state index in [4.69, 9.17) is 19.2 Å². The number of hydrogen-bond acceptors (Lipinski definition) is 6. The molecule has 1 fully saturated rings. The van der Waals surface area contributed by atoms with Crippen LogP contribution in [0.3, 0.4) is 0 Å². The normalized spacial score (nSPS) is 13.5. The van der Waals surface area contributed by atoms with Crippen molar-refractivity contribution >= 4 is 22.5 Å². The van der Waals surface area contributed by atoms with Crippen LogP contribution >= 0.6 is 0 Å². The minimum absolute atomic E-state index is 0.254. The Balaban J connectivity index is 1.78. The van der Waals surface area contributed by atoms with E-state index in [-0.39, 0.29) is 5.91 Å². The van der Waals surface area contributed by atoms with Crippen molar-refractivity contribution in [3.05, 3.63) is 48.0 Å². The third-order valence-corrected chi connectivity index (χ3v) is 5.67. The fraction of sp³-hybridized carbons (Fsp3) is 0.320. The number of methoxy groups -OCH3 is 3. The molecule has 1 N–H and O–H groups in total. The fourth-order valence-corrected chi connectivity index (χ4v) is 4.00. The second-order valence-electron chi connectivity index (χ2n) is 7.67. The van der Waals surface area contributed by atoms with E-state index >= 15 is 0 Å². The minimum Gasteiger partial charge on any atom is -0.493 e. The highest BCUT2D eigenvalue weighted by Gasteiger charge is 2.18. The minimum atomic E-state index is -0.254. The number of carbonyl (C=O) groups excluding carboxylic acids is 1. The maximum Gasteiger partial charge on any atom is 0.272 e. The number of hydrazone groups is 1. The van der Waals surface area contributed by atoms with Crippen molar-refractivity contribution in [2.75, 3.05) is 21.3 Å². The van der Waals surface area contributed by atoms with Gasteiger partial charge >= 0.3 is 0 Å². The molecule has 1 saturated carbocycles. The van der Waals surface area contributed by atoms with E-state index < -0.39 is 0 Å². The number of amides is 1. The highest BCUT2D eigenvalue weighted by Crippen LogP contribution is 2.41. The number of hydrogen-bond donors (Lipinski definition) is 1. The molecule has 0 aliphatic heterocycles. The predicted molar refractivity (Wildman–Crippen MR) is 125 cm³/mol. The summed E-state index contributed by atoms with van der Waals surface area (Å²) in [4.78, 5) is 17.9. The van der Waals surface area contributed by atoms with E-state index in [1.54, 1.807) is 27.4 Å². The lowest BCUT2D eigenvalue weighted by Crippen LogP contribution is -2.21. The first-order valence-electron chi connectivity index (χ1n) is 10.7. The Bertz CT molecular complexity index is 1140. The molecule has 0 atom stereocenters. The number of rotatable bonds is 6. The summed E-state index contributed by atoms with van der Waals surface area (Å²) in [5.74, 6) is 1.29. The summed E-state index contributed by atoms with van der Waals surface area (Å²) < 4.78 is 16.4. The van der Waals surface area contributed by atoms with Gasteiger partial charge in [0.15, 0.2) is 11.5 Å². The van der Waals surface area contributed by atoms with Crippen molar-refractivity contribution in [1.82, 2.24) is 10.4 Å². The average Bonchev–Trinajstić information content (AvgIpc) is 2.86. The first-order valence-corrected chi connectivity index (χ1v) is 10.7. The van der Waals surface area contributed by atoms with Crippen molar-refractivity contribution in [1.29, 1.82) is 0 Å². The third kappa shape index (κ3) is 4.37. The van der Waals surface area contributed by atoms with E-state index in [1.165, 1.54) is 6.42 Å².